The van der Waals surface area contributed by atoms with Crippen LogP contribution in [-0.4, -0.2) is 19.2 Å². The normalized spacial score (nSPS) is 28.3. The van der Waals surface area contributed by atoms with Gasteiger partial charge in [-0.25, -0.2) is 0 Å². The van der Waals surface area contributed by atoms with Crippen LogP contribution in [0.3, 0.4) is 0 Å². The second kappa shape index (κ2) is 5.41. The molecule has 1 saturated carbocycles. The lowest BCUT2D eigenvalue weighted by Crippen LogP contribution is -2.32. The molecule has 0 aromatic heterocycles. The van der Waals surface area contributed by atoms with Crippen molar-refractivity contribution < 1.29 is 4.74 Å². The van der Waals surface area contributed by atoms with E-state index in [0.717, 1.165) is 19.2 Å². The highest BCUT2D eigenvalue weighted by molar-refractivity contribution is 5.24. The first kappa shape index (κ1) is 12.2. The van der Waals surface area contributed by atoms with Gasteiger partial charge in [0.25, 0.3) is 0 Å². The molecule has 1 saturated heterocycles. The molecule has 1 aliphatic carbocycles. The molecule has 18 heavy (non-hydrogen) atoms. The van der Waals surface area contributed by atoms with Crippen LogP contribution in [0.25, 0.3) is 0 Å². The maximum Gasteiger partial charge on any atom is 0.0865 e. The van der Waals surface area contributed by atoms with Crippen molar-refractivity contribution in [3.05, 3.63) is 35.4 Å². The Morgan fingerprint density at radius 2 is 1.94 bits per heavy atom. The van der Waals surface area contributed by atoms with E-state index in [1.807, 2.05) is 0 Å². The largest absolute Gasteiger partial charge is 0.373 e. The summed E-state index contributed by atoms with van der Waals surface area (Å²) < 4.78 is 6.03. The summed E-state index contributed by atoms with van der Waals surface area (Å²) in [4.78, 5) is 0. The van der Waals surface area contributed by atoms with Crippen LogP contribution in [0, 0.1) is 12.8 Å². The number of hydrogen-bond acceptors (Lipinski definition) is 2. The van der Waals surface area contributed by atoms with Crippen LogP contribution >= 0.6 is 0 Å². The third kappa shape index (κ3) is 2.93. The third-order valence-corrected chi connectivity index (χ3v) is 4.10. The van der Waals surface area contributed by atoms with Crippen LogP contribution in [0.1, 0.15) is 42.9 Å². The van der Waals surface area contributed by atoms with Gasteiger partial charge in [0, 0.05) is 25.1 Å². The quantitative estimate of drug-likeness (QED) is 0.879. The van der Waals surface area contributed by atoms with Gasteiger partial charge < -0.3 is 10.1 Å². The van der Waals surface area contributed by atoms with Gasteiger partial charge in [-0.3, -0.25) is 0 Å². The molecule has 2 heteroatoms. The second-order valence-corrected chi connectivity index (χ2v) is 5.79. The molecule has 1 aromatic carbocycles. The second-order valence-electron chi connectivity index (χ2n) is 5.79. The van der Waals surface area contributed by atoms with E-state index in [1.54, 1.807) is 0 Å². The first-order valence-corrected chi connectivity index (χ1v) is 7.24. The first-order valence-electron chi connectivity index (χ1n) is 7.24. The van der Waals surface area contributed by atoms with Crippen molar-refractivity contribution >= 4 is 0 Å². The van der Waals surface area contributed by atoms with Gasteiger partial charge in [-0.05, 0) is 38.2 Å². The van der Waals surface area contributed by atoms with Gasteiger partial charge in [-0.15, -0.1) is 0 Å². The summed E-state index contributed by atoms with van der Waals surface area (Å²) in [5.74, 6) is 0.641. The van der Waals surface area contributed by atoms with Gasteiger partial charge in [0.05, 0.1) is 6.10 Å². The summed E-state index contributed by atoms with van der Waals surface area (Å²) in [6, 6.07) is 9.65. The lowest BCUT2D eigenvalue weighted by molar-refractivity contribution is -0.0278. The average Bonchev–Trinajstić information content (AvgIpc) is 3.22. The Labute approximate surface area is 110 Å². The van der Waals surface area contributed by atoms with E-state index in [0.29, 0.717) is 12.0 Å². The SMILES string of the molecule is Cc1ccc(C2OCCCC2CNC2CC2)cc1. The molecule has 2 nitrogen and oxygen atoms in total. The number of aryl methyl sites for hydroxylation is 1. The zero-order valence-corrected chi connectivity index (χ0v) is 11.2. The maximum absolute atomic E-state index is 6.03. The van der Waals surface area contributed by atoms with E-state index in [-0.39, 0.29) is 0 Å². The summed E-state index contributed by atoms with van der Waals surface area (Å²) in [6.45, 7) is 4.17. The van der Waals surface area contributed by atoms with E-state index in [4.69, 9.17) is 4.74 Å². The molecule has 1 aromatic rings. The molecule has 2 aliphatic rings. The van der Waals surface area contributed by atoms with E-state index in [2.05, 4.69) is 36.5 Å². The van der Waals surface area contributed by atoms with Crippen LogP contribution in [0.2, 0.25) is 0 Å². The highest BCUT2D eigenvalue weighted by Gasteiger charge is 2.29. The molecular formula is C16H23NO. The van der Waals surface area contributed by atoms with Gasteiger partial charge in [0.1, 0.15) is 0 Å². The summed E-state index contributed by atoms with van der Waals surface area (Å²) in [5.41, 5.74) is 2.67. The fraction of sp³-hybridized carbons (Fsp3) is 0.625. The minimum absolute atomic E-state index is 0.297. The minimum atomic E-state index is 0.297. The Bertz CT molecular complexity index is 383. The minimum Gasteiger partial charge on any atom is -0.373 e. The van der Waals surface area contributed by atoms with Crippen LogP contribution in [-0.2, 0) is 4.74 Å². The lowest BCUT2D eigenvalue weighted by Gasteiger charge is -2.32. The number of ether oxygens (including phenoxy) is 1. The monoisotopic (exact) mass is 245 g/mol. The van der Waals surface area contributed by atoms with Crippen molar-refractivity contribution in [2.24, 2.45) is 5.92 Å². The van der Waals surface area contributed by atoms with Crippen molar-refractivity contribution in [3.63, 3.8) is 0 Å². The van der Waals surface area contributed by atoms with Gasteiger partial charge in [-0.2, -0.15) is 0 Å². The van der Waals surface area contributed by atoms with Crippen molar-refractivity contribution in [2.45, 2.75) is 44.8 Å². The van der Waals surface area contributed by atoms with Gasteiger partial charge in [-0.1, -0.05) is 29.8 Å². The molecule has 0 bridgehead atoms. The van der Waals surface area contributed by atoms with E-state index < -0.39 is 0 Å². The molecule has 3 rings (SSSR count). The summed E-state index contributed by atoms with van der Waals surface area (Å²) in [7, 11) is 0. The van der Waals surface area contributed by atoms with Crippen molar-refractivity contribution in [2.75, 3.05) is 13.2 Å². The van der Waals surface area contributed by atoms with Crippen LogP contribution in [0.4, 0.5) is 0 Å². The molecule has 2 atom stereocenters. The fourth-order valence-corrected chi connectivity index (χ4v) is 2.78. The Kier molecular flexibility index (Phi) is 3.67. The molecule has 2 fully saturated rings. The first-order chi connectivity index (χ1) is 8.83. The van der Waals surface area contributed by atoms with Gasteiger partial charge in [0.15, 0.2) is 0 Å². The summed E-state index contributed by atoms with van der Waals surface area (Å²) in [6.07, 6.45) is 5.52. The van der Waals surface area contributed by atoms with Gasteiger partial charge >= 0.3 is 0 Å². The molecule has 2 unspecified atom stereocenters. The average molecular weight is 245 g/mol. The van der Waals surface area contributed by atoms with E-state index >= 15 is 0 Å². The Morgan fingerprint density at radius 1 is 1.17 bits per heavy atom. The standard InChI is InChI=1S/C16H23NO/c1-12-4-6-13(7-5-12)16-14(3-2-10-18-16)11-17-15-8-9-15/h4-7,14-17H,2-3,8-11H2,1H3. The summed E-state index contributed by atoms with van der Waals surface area (Å²) >= 11 is 0. The topological polar surface area (TPSA) is 21.3 Å². The number of rotatable bonds is 4. The molecule has 1 heterocycles. The van der Waals surface area contributed by atoms with Crippen LogP contribution in [0.15, 0.2) is 24.3 Å². The van der Waals surface area contributed by atoms with Gasteiger partial charge in [0.2, 0.25) is 0 Å². The molecule has 0 spiro atoms. The highest BCUT2D eigenvalue weighted by Crippen LogP contribution is 2.34. The van der Waals surface area contributed by atoms with E-state index in [1.165, 1.54) is 36.8 Å². The third-order valence-electron chi connectivity index (χ3n) is 4.10. The number of nitrogens with one attached hydrogen (secondary N) is 1. The number of benzene rings is 1. The Balaban J connectivity index is 1.67. The molecule has 98 valence electrons. The molecular weight excluding hydrogens is 222 g/mol. The van der Waals surface area contributed by atoms with E-state index in [9.17, 15) is 0 Å². The Hall–Kier alpha value is -0.860. The summed E-state index contributed by atoms with van der Waals surface area (Å²) in [5, 5.41) is 3.66. The zero-order chi connectivity index (χ0) is 12.4. The smallest absolute Gasteiger partial charge is 0.0865 e. The highest BCUT2D eigenvalue weighted by atomic mass is 16.5. The Morgan fingerprint density at radius 3 is 2.67 bits per heavy atom. The lowest BCUT2D eigenvalue weighted by atomic mass is 9.89. The van der Waals surface area contributed by atoms with Crippen LogP contribution in [0.5, 0.6) is 0 Å². The molecule has 0 amide bonds. The predicted octanol–water partition coefficient (Wildman–Crippen LogP) is 3.21. The fourth-order valence-electron chi connectivity index (χ4n) is 2.78. The van der Waals surface area contributed by atoms with Crippen molar-refractivity contribution in [3.8, 4) is 0 Å². The molecule has 0 radical (unpaired) electrons. The van der Waals surface area contributed by atoms with Crippen molar-refractivity contribution in [1.82, 2.24) is 5.32 Å². The molecule has 1 aliphatic heterocycles. The predicted molar refractivity (Wildman–Crippen MR) is 73.6 cm³/mol. The van der Waals surface area contributed by atoms with Crippen molar-refractivity contribution in [1.29, 1.82) is 0 Å². The van der Waals surface area contributed by atoms with Crippen LogP contribution < -0.4 is 5.32 Å². The number of hydrogen-bond donors (Lipinski definition) is 1. The zero-order valence-electron chi connectivity index (χ0n) is 11.2. The maximum atomic E-state index is 6.03. The molecule has 1 N–H and O–H groups in total.